The number of nitrogens with zero attached hydrogens (tertiary/aromatic N) is 2. The van der Waals surface area contributed by atoms with Crippen LogP contribution in [0.15, 0.2) is 194 Å². The van der Waals surface area contributed by atoms with Crippen LogP contribution in [0.25, 0.3) is 98.8 Å². The largest absolute Gasteiger partial charge is 0.309 e. The van der Waals surface area contributed by atoms with Gasteiger partial charge in [-0.3, -0.25) is 0 Å². The van der Waals surface area contributed by atoms with Gasteiger partial charge >= 0.3 is 0 Å². The molecule has 0 atom stereocenters. The summed E-state index contributed by atoms with van der Waals surface area (Å²) < 4.78 is 4.86. The van der Waals surface area contributed by atoms with Crippen LogP contribution in [0.1, 0.15) is 0 Å². The van der Waals surface area contributed by atoms with Crippen molar-refractivity contribution in [1.82, 2.24) is 9.13 Å². The molecule has 0 aliphatic carbocycles. The summed E-state index contributed by atoms with van der Waals surface area (Å²) in [6, 6.07) is 71.1. The molecule has 2 nitrogen and oxygen atoms in total. The van der Waals surface area contributed by atoms with Crippen molar-refractivity contribution in [2.24, 2.45) is 0 Å². The number of para-hydroxylation sites is 1. The van der Waals surface area contributed by atoms with Crippen LogP contribution in [0.4, 0.5) is 0 Å². The van der Waals surface area contributed by atoms with E-state index in [1.54, 1.807) is 0 Å². The molecule has 0 N–H and O–H groups in total. The molecule has 0 bridgehead atoms. The van der Waals surface area contributed by atoms with Gasteiger partial charge in [0.15, 0.2) is 0 Å². The van der Waals surface area contributed by atoms with Crippen molar-refractivity contribution in [3.8, 4) is 33.6 Å². The molecule has 0 fully saturated rings. The number of benzene rings is 9. The summed E-state index contributed by atoms with van der Waals surface area (Å²) >= 11 is 0. The van der Waals surface area contributed by atoms with Gasteiger partial charge in [0.05, 0.1) is 27.8 Å². The zero-order chi connectivity index (χ0) is 34.2. The standard InChI is InChI=1S/C50H32N2/c1-2-11-33(12-3-1)37-22-26-48-44(30-37)45-32-39(23-27-49(45)51(48)40-25-21-34-13-4-5-15-36(34)29-40)38-24-28-50-43(31-38)42-18-8-9-19-47(42)52(50)46-20-10-16-35-14-6-7-17-41(35)46/h1-32H. The maximum Gasteiger partial charge on any atom is 0.0541 e. The topological polar surface area (TPSA) is 9.86 Å². The van der Waals surface area contributed by atoms with Crippen LogP contribution in [0.5, 0.6) is 0 Å². The van der Waals surface area contributed by atoms with E-state index in [-0.39, 0.29) is 0 Å². The number of hydrogen-bond acceptors (Lipinski definition) is 0. The third-order valence-corrected chi connectivity index (χ3v) is 10.9. The Morgan fingerprint density at radius 2 is 0.769 bits per heavy atom. The molecule has 0 radical (unpaired) electrons. The molecule has 0 saturated heterocycles. The van der Waals surface area contributed by atoms with Crippen LogP contribution in [0.2, 0.25) is 0 Å². The number of hydrogen-bond donors (Lipinski definition) is 0. The molecule has 2 heterocycles. The molecule has 0 amide bonds. The molecule has 11 rings (SSSR count). The van der Waals surface area contributed by atoms with E-state index in [4.69, 9.17) is 0 Å². The molecule has 2 aromatic heterocycles. The summed E-state index contributed by atoms with van der Waals surface area (Å²) in [6.45, 7) is 0. The zero-order valence-corrected chi connectivity index (χ0v) is 28.4. The van der Waals surface area contributed by atoms with Crippen LogP contribution in [-0.4, -0.2) is 9.13 Å². The first-order valence-corrected chi connectivity index (χ1v) is 17.9. The predicted octanol–water partition coefficient (Wildman–Crippen LogP) is 13.5. The molecule has 0 saturated carbocycles. The maximum absolute atomic E-state index is 2.43. The van der Waals surface area contributed by atoms with Crippen molar-refractivity contribution in [3.05, 3.63) is 194 Å². The van der Waals surface area contributed by atoms with Crippen LogP contribution < -0.4 is 0 Å². The predicted molar refractivity (Wildman–Crippen MR) is 221 cm³/mol. The highest BCUT2D eigenvalue weighted by atomic mass is 15.0. The lowest BCUT2D eigenvalue weighted by Crippen LogP contribution is -1.95. The van der Waals surface area contributed by atoms with E-state index in [1.165, 1.54) is 98.8 Å². The van der Waals surface area contributed by atoms with E-state index < -0.39 is 0 Å². The summed E-state index contributed by atoms with van der Waals surface area (Å²) in [5.74, 6) is 0. The van der Waals surface area contributed by atoms with Gasteiger partial charge in [-0.05, 0) is 99.1 Å². The summed E-state index contributed by atoms with van der Waals surface area (Å²) in [4.78, 5) is 0. The van der Waals surface area contributed by atoms with E-state index in [9.17, 15) is 0 Å². The fourth-order valence-electron chi connectivity index (χ4n) is 8.42. The molecule has 2 heteroatoms. The van der Waals surface area contributed by atoms with Gasteiger partial charge in [-0.15, -0.1) is 0 Å². The quantitative estimate of drug-likeness (QED) is 0.178. The smallest absolute Gasteiger partial charge is 0.0541 e. The van der Waals surface area contributed by atoms with Gasteiger partial charge in [0.1, 0.15) is 0 Å². The summed E-state index contributed by atoms with van der Waals surface area (Å²) in [7, 11) is 0. The second kappa shape index (κ2) is 11.3. The van der Waals surface area contributed by atoms with Crippen LogP contribution >= 0.6 is 0 Å². The molecule has 0 aliphatic rings. The third-order valence-electron chi connectivity index (χ3n) is 10.9. The minimum atomic E-state index is 1.17. The molecular formula is C50H32N2. The Balaban J connectivity index is 1.14. The van der Waals surface area contributed by atoms with Gasteiger partial charge in [0.25, 0.3) is 0 Å². The average molecular weight is 661 g/mol. The Morgan fingerprint density at radius 3 is 1.50 bits per heavy atom. The molecule has 9 aromatic carbocycles. The first kappa shape index (κ1) is 28.9. The Bertz CT molecular complexity index is 3170. The van der Waals surface area contributed by atoms with Crippen LogP contribution in [-0.2, 0) is 0 Å². The molecule has 0 spiro atoms. The second-order valence-electron chi connectivity index (χ2n) is 13.8. The highest BCUT2D eigenvalue weighted by Crippen LogP contribution is 2.40. The molecule has 52 heavy (non-hydrogen) atoms. The normalized spacial score (nSPS) is 11.8. The SMILES string of the molecule is c1ccc(-c2ccc3c(c2)c2cc(-c4ccc5c(c4)c4ccccc4n5-c4cccc5ccccc45)ccc2n3-c2ccc3ccccc3c2)cc1. The lowest BCUT2D eigenvalue weighted by atomic mass is 9.99. The van der Waals surface area contributed by atoms with Gasteiger partial charge in [0.2, 0.25) is 0 Å². The Labute approximate surface area is 301 Å². The lowest BCUT2D eigenvalue weighted by molar-refractivity contribution is 1.19. The Kier molecular flexibility index (Phi) is 6.28. The number of rotatable bonds is 4. The maximum atomic E-state index is 2.43. The van der Waals surface area contributed by atoms with Crippen LogP contribution in [0, 0.1) is 0 Å². The number of aromatic nitrogens is 2. The average Bonchev–Trinajstić information content (AvgIpc) is 3.72. The molecular weight excluding hydrogens is 629 g/mol. The summed E-state index contributed by atoms with van der Waals surface area (Å²) in [6.07, 6.45) is 0. The highest BCUT2D eigenvalue weighted by molar-refractivity contribution is 6.14. The highest BCUT2D eigenvalue weighted by Gasteiger charge is 2.18. The molecule has 242 valence electrons. The van der Waals surface area contributed by atoms with Crippen molar-refractivity contribution in [3.63, 3.8) is 0 Å². The van der Waals surface area contributed by atoms with Gasteiger partial charge in [-0.1, -0.05) is 133 Å². The minimum absolute atomic E-state index is 1.17. The monoisotopic (exact) mass is 660 g/mol. The minimum Gasteiger partial charge on any atom is -0.309 e. The van der Waals surface area contributed by atoms with Crippen molar-refractivity contribution < 1.29 is 0 Å². The fourth-order valence-corrected chi connectivity index (χ4v) is 8.42. The van der Waals surface area contributed by atoms with E-state index in [1.807, 2.05) is 0 Å². The van der Waals surface area contributed by atoms with Crippen molar-refractivity contribution >= 4 is 65.2 Å². The first-order valence-electron chi connectivity index (χ1n) is 17.9. The van der Waals surface area contributed by atoms with Crippen molar-refractivity contribution in [2.45, 2.75) is 0 Å². The fraction of sp³-hybridized carbons (Fsp3) is 0. The van der Waals surface area contributed by atoms with Crippen molar-refractivity contribution in [2.75, 3.05) is 0 Å². The van der Waals surface area contributed by atoms with E-state index in [2.05, 4.69) is 203 Å². The van der Waals surface area contributed by atoms with E-state index >= 15 is 0 Å². The second-order valence-corrected chi connectivity index (χ2v) is 13.8. The number of fused-ring (bicyclic) bond motifs is 8. The first-order chi connectivity index (χ1) is 25.8. The molecule has 0 aliphatic heterocycles. The Morgan fingerprint density at radius 1 is 0.250 bits per heavy atom. The third kappa shape index (κ3) is 4.38. The summed E-state index contributed by atoms with van der Waals surface area (Å²) in [5.41, 5.74) is 12.1. The van der Waals surface area contributed by atoms with Gasteiger partial charge in [-0.25, -0.2) is 0 Å². The zero-order valence-electron chi connectivity index (χ0n) is 28.4. The molecule has 11 aromatic rings. The van der Waals surface area contributed by atoms with Gasteiger partial charge < -0.3 is 9.13 Å². The van der Waals surface area contributed by atoms with E-state index in [0.29, 0.717) is 0 Å². The Hall–Kier alpha value is -6.90. The van der Waals surface area contributed by atoms with Crippen molar-refractivity contribution in [1.29, 1.82) is 0 Å². The van der Waals surface area contributed by atoms with Gasteiger partial charge in [0, 0.05) is 32.6 Å². The lowest BCUT2D eigenvalue weighted by Gasteiger charge is -2.12. The van der Waals surface area contributed by atoms with Gasteiger partial charge in [-0.2, -0.15) is 0 Å². The summed E-state index contributed by atoms with van der Waals surface area (Å²) in [5, 5.41) is 9.99. The van der Waals surface area contributed by atoms with Crippen LogP contribution in [0.3, 0.4) is 0 Å². The molecule has 0 unspecified atom stereocenters. The van der Waals surface area contributed by atoms with E-state index in [0.717, 1.165) is 0 Å².